The first kappa shape index (κ1) is 12.1. The van der Waals surface area contributed by atoms with Crippen molar-refractivity contribution in [1.29, 1.82) is 0 Å². The molecule has 1 N–H and O–H groups in total. The summed E-state index contributed by atoms with van der Waals surface area (Å²) >= 11 is 0. The van der Waals surface area contributed by atoms with Crippen LogP contribution in [0.25, 0.3) is 11.1 Å². The fourth-order valence-electron chi connectivity index (χ4n) is 1.64. The zero-order chi connectivity index (χ0) is 13.1. The fraction of sp³-hybridized carbons (Fsp3) is 0.0714. The number of carbonyl (C=O) groups is 1. The van der Waals surface area contributed by atoms with Crippen LogP contribution in [-0.4, -0.2) is 18.2 Å². The Bertz CT molecular complexity index is 576. The van der Waals surface area contributed by atoms with Crippen molar-refractivity contribution in [3.05, 3.63) is 53.8 Å². The zero-order valence-corrected chi connectivity index (χ0v) is 9.68. The third kappa shape index (κ3) is 2.32. The van der Waals surface area contributed by atoms with Crippen LogP contribution in [-0.2, 0) is 0 Å². The topological polar surface area (TPSA) is 46.5 Å². The van der Waals surface area contributed by atoms with Crippen LogP contribution in [0, 0.1) is 5.82 Å². The molecule has 0 bridgehead atoms. The van der Waals surface area contributed by atoms with Crippen LogP contribution in [0.3, 0.4) is 0 Å². The van der Waals surface area contributed by atoms with Gasteiger partial charge in [0, 0.05) is 5.56 Å². The van der Waals surface area contributed by atoms with E-state index in [0.29, 0.717) is 16.9 Å². The summed E-state index contributed by atoms with van der Waals surface area (Å²) in [5.74, 6) is -0.833. The minimum atomic E-state index is -1.01. The molecular weight excluding hydrogens is 235 g/mol. The molecule has 2 aromatic rings. The molecule has 0 fully saturated rings. The van der Waals surface area contributed by atoms with Gasteiger partial charge in [-0.15, -0.1) is 0 Å². The lowest BCUT2D eigenvalue weighted by Crippen LogP contribution is -1.95. The van der Waals surface area contributed by atoms with Gasteiger partial charge in [0.25, 0.3) is 0 Å². The summed E-state index contributed by atoms with van der Waals surface area (Å²) in [6.45, 7) is 0. The Kier molecular flexibility index (Phi) is 3.28. The lowest BCUT2D eigenvalue weighted by molar-refractivity contribution is 0.0697. The minimum absolute atomic E-state index is 0.169. The Morgan fingerprint density at radius 3 is 2.39 bits per heavy atom. The molecule has 18 heavy (non-hydrogen) atoms. The van der Waals surface area contributed by atoms with Crippen molar-refractivity contribution in [2.45, 2.75) is 0 Å². The van der Waals surface area contributed by atoms with Gasteiger partial charge >= 0.3 is 5.97 Å². The maximum Gasteiger partial charge on any atom is 0.335 e. The maximum absolute atomic E-state index is 13.7. The molecule has 0 heterocycles. The monoisotopic (exact) mass is 246 g/mol. The van der Waals surface area contributed by atoms with Crippen molar-refractivity contribution >= 4 is 5.97 Å². The molecule has 92 valence electrons. The first-order valence-electron chi connectivity index (χ1n) is 5.29. The number of benzene rings is 2. The van der Waals surface area contributed by atoms with E-state index in [1.807, 2.05) is 0 Å². The molecule has 0 radical (unpaired) electrons. The molecule has 0 aliphatic rings. The predicted octanol–water partition coefficient (Wildman–Crippen LogP) is 3.20. The third-order valence-electron chi connectivity index (χ3n) is 2.62. The van der Waals surface area contributed by atoms with Gasteiger partial charge in [-0.2, -0.15) is 0 Å². The molecule has 0 atom stereocenters. The zero-order valence-electron chi connectivity index (χ0n) is 9.68. The fourth-order valence-corrected chi connectivity index (χ4v) is 1.64. The van der Waals surface area contributed by atoms with Gasteiger partial charge in [-0.3, -0.25) is 0 Å². The summed E-state index contributed by atoms with van der Waals surface area (Å²) in [5.41, 5.74) is 1.16. The smallest absolute Gasteiger partial charge is 0.335 e. The predicted molar refractivity (Wildman–Crippen MR) is 65.3 cm³/mol. The van der Waals surface area contributed by atoms with Crippen LogP contribution in [0.4, 0.5) is 4.39 Å². The molecule has 2 aromatic carbocycles. The first-order valence-corrected chi connectivity index (χ1v) is 5.29. The number of ether oxygens (including phenoxy) is 1. The molecule has 0 saturated heterocycles. The number of hydrogen-bond acceptors (Lipinski definition) is 2. The summed E-state index contributed by atoms with van der Waals surface area (Å²) in [6, 6.07) is 10.4. The van der Waals surface area contributed by atoms with Crippen molar-refractivity contribution in [2.24, 2.45) is 0 Å². The van der Waals surface area contributed by atoms with Gasteiger partial charge in [-0.25, -0.2) is 9.18 Å². The van der Waals surface area contributed by atoms with Gasteiger partial charge in [0.1, 0.15) is 11.6 Å². The van der Waals surface area contributed by atoms with Gasteiger partial charge < -0.3 is 9.84 Å². The van der Waals surface area contributed by atoms with E-state index in [1.165, 1.54) is 31.4 Å². The van der Waals surface area contributed by atoms with Gasteiger partial charge in [-0.05, 0) is 35.9 Å². The highest BCUT2D eigenvalue weighted by Crippen LogP contribution is 2.27. The van der Waals surface area contributed by atoms with Gasteiger partial charge in [0.2, 0.25) is 0 Å². The Labute approximate surface area is 103 Å². The second kappa shape index (κ2) is 4.87. The number of methoxy groups -OCH3 is 1. The lowest BCUT2D eigenvalue weighted by atomic mass is 10.0. The Hall–Kier alpha value is -2.36. The number of carboxylic acid groups (broad SMARTS) is 1. The van der Waals surface area contributed by atoms with Crippen LogP contribution >= 0.6 is 0 Å². The van der Waals surface area contributed by atoms with Crippen molar-refractivity contribution < 1.29 is 19.0 Å². The van der Waals surface area contributed by atoms with E-state index in [2.05, 4.69) is 0 Å². The lowest BCUT2D eigenvalue weighted by Gasteiger charge is -2.06. The van der Waals surface area contributed by atoms with Crippen molar-refractivity contribution in [3.8, 4) is 16.9 Å². The number of rotatable bonds is 3. The molecule has 0 spiro atoms. The molecule has 0 aromatic heterocycles. The molecular formula is C14H11FO3. The highest BCUT2D eigenvalue weighted by atomic mass is 19.1. The van der Waals surface area contributed by atoms with E-state index in [9.17, 15) is 9.18 Å². The number of carboxylic acids is 1. The van der Waals surface area contributed by atoms with Crippen LogP contribution in [0.15, 0.2) is 42.5 Å². The molecule has 0 aliphatic carbocycles. The molecule has 3 nitrogen and oxygen atoms in total. The van der Waals surface area contributed by atoms with Crippen LogP contribution in [0.2, 0.25) is 0 Å². The van der Waals surface area contributed by atoms with E-state index in [4.69, 9.17) is 9.84 Å². The van der Waals surface area contributed by atoms with Crippen molar-refractivity contribution in [2.75, 3.05) is 7.11 Å². The Morgan fingerprint density at radius 1 is 1.17 bits per heavy atom. The molecule has 0 amide bonds. The van der Waals surface area contributed by atoms with Gasteiger partial charge in [-0.1, -0.05) is 12.1 Å². The molecule has 4 heteroatoms. The summed E-state index contributed by atoms with van der Waals surface area (Å²) in [7, 11) is 1.50. The first-order chi connectivity index (χ1) is 8.61. The molecule has 2 rings (SSSR count). The van der Waals surface area contributed by atoms with Crippen molar-refractivity contribution in [1.82, 2.24) is 0 Å². The maximum atomic E-state index is 13.7. The summed E-state index contributed by atoms with van der Waals surface area (Å²) in [4.78, 5) is 10.7. The van der Waals surface area contributed by atoms with Gasteiger partial charge in [0.05, 0.1) is 12.7 Å². The van der Waals surface area contributed by atoms with E-state index in [-0.39, 0.29) is 11.4 Å². The van der Waals surface area contributed by atoms with Crippen LogP contribution in [0.1, 0.15) is 10.4 Å². The largest absolute Gasteiger partial charge is 0.497 e. The van der Waals surface area contributed by atoms with E-state index in [0.717, 1.165) is 0 Å². The van der Waals surface area contributed by atoms with E-state index in [1.54, 1.807) is 18.2 Å². The molecule has 0 unspecified atom stereocenters. The summed E-state index contributed by atoms with van der Waals surface area (Å²) in [5, 5.41) is 8.79. The average Bonchev–Trinajstić information content (AvgIpc) is 2.39. The normalized spacial score (nSPS) is 10.1. The van der Waals surface area contributed by atoms with Crippen LogP contribution in [0.5, 0.6) is 5.75 Å². The third-order valence-corrected chi connectivity index (χ3v) is 2.62. The van der Waals surface area contributed by atoms with Gasteiger partial charge in [0.15, 0.2) is 0 Å². The van der Waals surface area contributed by atoms with Crippen LogP contribution < -0.4 is 4.74 Å². The standard InChI is InChI=1S/C14H11FO3/c1-18-11-6-7-13(15)12(8-11)9-2-4-10(5-3-9)14(16)17/h2-8H,1H3,(H,16,17). The Morgan fingerprint density at radius 2 is 1.83 bits per heavy atom. The minimum Gasteiger partial charge on any atom is -0.497 e. The number of halogens is 1. The van der Waals surface area contributed by atoms with Crippen molar-refractivity contribution in [3.63, 3.8) is 0 Å². The second-order valence-electron chi connectivity index (χ2n) is 3.73. The number of aromatic carboxylic acids is 1. The van der Waals surface area contributed by atoms with E-state index < -0.39 is 5.97 Å². The molecule has 0 aliphatic heterocycles. The molecule has 0 saturated carbocycles. The second-order valence-corrected chi connectivity index (χ2v) is 3.73. The summed E-state index contributed by atoms with van der Waals surface area (Å²) < 4.78 is 18.7. The number of hydrogen-bond donors (Lipinski definition) is 1. The summed E-state index contributed by atoms with van der Waals surface area (Å²) in [6.07, 6.45) is 0. The highest BCUT2D eigenvalue weighted by Gasteiger charge is 2.08. The highest BCUT2D eigenvalue weighted by molar-refractivity contribution is 5.88. The Balaban J connectivity index is 2.44. The SMILES string of the molecule is COc1ccc(F)c(-c2ccc(C(=O)O)cc2)c1. The average molecular weight is 246 g/mol. The quantitative estimate of drug-likeness (QED) is 0.904. The van der Waals surface area contributed by atoms with E-state index >= 15 is 0 Å².